The molecule has 8 heteroatoms. The highest BCUT2D eigenvalue weighted by atomic mass is 16.5. The van der Waals surface area contributed by atoms with E-state index in [9.17, 15) is 19.2 Å². The van der Waals surface area contributed by atoms with Gasteiger partial charge in [0.25, 0.3) is 5.91 Å². The summed E-state index contributed by atoms with van der Waals surface area (Å²) in [7, 11) is 1.33. The summed E-state index contributed by atoms with van der Waals surface area (Å²) in [5.41, 5.74) is 2.38. The normalized spacial score (nSPS) is 17.7. The molecule has 174 valence electrons. The van der Waals surface area contributed by atoms with Crippen LogP contribution >= 0.6 is 0 Å². The molecular formula is C25H29N3O5. The van der Waals surface area contributed by atoms with Crippen molar-refractivity contribution in [1.82, 2.24) is 14.8 Å². The van der Waals surface area contributed by atoms with Gasteiger partial charge in [-0.25, -0.2) is 9.59 Å². The Labute approximate surface area is 192 Å². The van der Waals surface area contributed by atoms with E-state index in [2.05, 4.69) is 5.32 Å². The first kappa shape index (κ1) is 22.8. The molecule has 1 aliphatic heterocycles. The fraction of sp³-hybridized carbons (Fsp3) is 0.440. The van der Waals surface area contributed by atoms with E-state index in [4.69, 9.17) is 4.74 Å². The lowest BCUT2D eigenvalue weighted by molar-refractivity contribution is -0.131. The molecule has 4 rings (SSSR count). The van der Waals surface area contributed by atoms with E-state index in [1.807, 2.05) is 18.4 Å². The molecule has 33 heavy (non-hydrogen) atoms. The molecule has 2 fully saturated rings. The number of amides is 3. The third-order valence-corrected chi connectivity index (χ3v) is 6.78. The van der Waals surface area contributed by atoms with Gasteiger partial charge in [-0.05, 0) is 57.0 Å². The number of Topliss-reactive ketones (excluding diaryl/α,β-unsaturated/α-hetero) is 1. The highest BCUT2D eigenvalue weighted by Crippen LogP contribution is 2.33. The summed E-state index contributed by atoms with van der Waals surface area (Å²) in [6, 6.07) is 8.19. The molecule has 1 saturated heterocycles. The first-order chi connectivity index (χ1) is 15.8. The van der Waals surface area contributed by atoms with Crippen LogP contribution in [0.1, 0.15) is 70.6 Å². The number of hydrogen-bond acceptors (Lipinski definition) is 5. The zero-order valence-corrected chi connectivity index (χ0v) is 19.3. The molecule has 1 aromatic heterocycles. The van der Waals surface area contributed by atoms with Crippen LogP contribution in [-0.4, -0.2) is 52.4 Å². The van der Waals surface area contributed by atoms with Crippen molar-refractivity contribution < 1.29 is 23.9 Å². The van der Waals surface area contributed by atoms with E-state index in [-0.39, 0.29) is 18.2 Å². The maximum atomic E-state index is 13.2. The second kappa shape index (κ2) is 8.84. The van der Waals surface area contributed by atoms with Crippen LogP contribution in [-0.2, 0) is 9.53 Å². The maximum absolute atomic E-state index is 13.2. The van der Waals surface area contributed by atoms with Crippen LogP contribution in [0.2, 0.25) is 0 Å². The van der Waals surface area contributed by atoms with Crippen molar-refractivity contribution in [2.24, 2.45) is 0 Å². The van der Waals surface area contributed by atoms with Gasteiger partial charge in [-0.2, -0.15) is 0 Å². The molecule has 2 heterocycles. The SMILES string of the molecule is COC(=O)c1ccc(-n2c(C)cc(C(=O)CN3C(=O)NC4(CCCCCC4)C3=O)c2C)cc1. The van der Waals surface area contributed by atoms with Gasteiger partial charge in [0.1, 0.15) is 5.54 Å². The van der Waals surface area contributed by atoms with Crippen molar-refractivity contribution in [3.8, 4) is 5.69 Å². The van der Waals surface area contributed by atoms with Crippen LogP contribution in [0.15, 0.2) is 30.3 Å². The first-order valence-electron chi connectivity index (χ1n) is 11.3. The molecule has 0 unspecified atom stereocenters. The average Bonchev–Trinajstić information content (AvgIpc) is 3.09. The quantitative estimate of drug-likeness (QED) is 0.425. The number of esters is 1. The smallest absolute Gasteiger partial charge is 0.337 e. The molecular weight excluding hydrogens is 422 g/mol. The maximum Gasteiger partial charge on any atom is 0.337 e. The van der Waals surface area contributed by atoms with Crippen molar-refractivity contribution in [2.75, 3.05) is 13.7 Å². The van der Waals surface area contributed by atoms with E-state index >= 15 is 0 Å². The van der Waals surface area contributed by atoms with Gasteiger partial charge in [0.05, 0.1) is 19.2 Å². The third-order valence-electron chi connectivity index (χ3n) is 6.78. The number of nitrogens with zero attached hydrogens (tertiary/aromatic N) is 2. The van der Waals surface area contributed by atoms with Gasteiger partial charge in [0.15, 0.2) is 5.78 Å². The first-order valence-corrected chi connectivity index (χ1v) is 11.3. The Morgan fingerprint density at radius 1 is 1.03 bits per heavy atom. The Bertz CT molecular complexity index is 1110. The van der Waals surface area contributed by atoms with Crippen LogP contribution in [0.3, 0.4) is 0 Å². The molecule has 1 aliphatic carbocycles. The second-order valence-electron chi connectivity index (χ2n) is 8.90. The molecule has 8 nitrogen and oxygen atoms in total. The van der Waals surface area contributed by atoms with Crippen molar-refractivity contribution in [3.05, 3.63) is 52.8 Å². The zero-order valence-electron chi connectivity index (χ0n) is 19.3. The summed E-state index contributed by atoms with van der Waals surface area (Å²) in [4.78, 5) is 51.7. The standard InChI is InChI=1S/C25H29N3O5/c1-16-14-20(17(2)28(16)19-10-8-18(9-11-19)22(30)33-3)21(29)15-27-23(31)25(26-24(27)32)12-6-4-5-7-13-25/h8-11,14H,4-7,12-13,15H2,1-3H3,(H,26,32). The molecule has 1 saturated carbocycles. The minimum absolute atomic E-state index is 0.280. The van der Waals surface area contributed by atoms with Gasteiger partial charge in [0.2, 0.25) is 0 Å². The Kier molecular flexibility index (Phi) is 6.10. The lowest BCUT2D eigenvalue weighted by atomic mass is 9.90. The fourth-order valence-corrected chi connectivity index (χ4v) is 5.03. The largest absolute Gasteiger partial charge is 0.465 e. The van der Waals surface area contributed by atoms with E-state index in [0.717, 1.165) is 42.0 Å². The van der Waals surface area contributed by atoms with E-state index in [1.165, 1.54) is 7.11 Å². The van der Waals surface area contributed by atoms with Gasteiger partial charge < -0.3 is 14.6 Å². The van der Waals surface area contributed by atoms with Gasteiger partial charge in [-0.3, -0.25) is 14.5 Å². The summed E-state index contributed by atoms with van der Waals surface area (Å²) >= 11 is 0. The summed E-state index contributed by atoms with van der Waals surface area (Å²) in [6.07, 6.45) is 5.14. The number of aromatic nitrogens is 1. The van der Waals surface area contributed by atoms with Crippen molar-refractivity contribution in [1.29, 1.82) is 0 Å². The minimum Gasteiger partial charge on any atom is -0.465 e. The summed E-state index contributed by atoms with van der Waals surface area (Å²) in [5, 5.41) is 2.88. The number of urea groups is 1. The Morgan fingerprint density at radius 2 is 1.67 bits per heavy atom. The lowest BCUT2D eigenvalue weighted by Gasteiger charge is -2.24. The molecule has 1 aromatic carbocycles. The number of hydrogen-bond donors (Lipinski definition) is 1. The van der Waals surface area contributed by atoms with Crippen LogP contribution in [0, 0.1) is 13.8 Å². The van der Waals surface area contributed by atoms with Crippen LogP contribution in [0.5, 0.6) is 0 Å². The van der Waals surface area contributed by atoms with Crippen LogP contribution < -0.4 is 5.32 Å². The molecule has 0 bridgehead atoms. The van der Waals surface area contributed by atoms with E-state index in [0.29, 0.717) is 29.7 Å². The number of benzene rings is 1. The van der Waals surface area contributed by atoms with Gasteiger partial charge in [0, 0.05) is 22.6 Å². The number of ether oxygens (including phenoxy) is 1. The highest BCUT2D eigenvalue weighted by Gasteiger charge is 2.51. The number of ketones is 1. The number of carbonyl (C=O) groups is 4. The van der Waals surface area contributed by atoms with E-state index < -0.39 is 17.5 Å². The number of carbonyl (C=O) groups excluding carboxylic acids is 4. The molecule has 0 radical (unpaired) electrons. The molecule has 1 N–H and O–H groups in total. The molecule has 2 aromatic rings. The second-order valence-corrected chi connectivity index (χ2v) is 8.90. The summed E-state index contributed by atoms with van der Waals surface area (Å²) < 4.78 is 6.65. The van der Waals surface area contributed by atoms with Gasteiger partial charge in [-0.15, -0.1) is 0 Å². The van der Waals surface area contributed by atoms with Crippen LogP contribution in [0.4, 0.5) is 4.79 Å². The number of rotatable bonds is 5. The molecule has 3 amide bonds. The lowest BCUT2D eigenvalue weighted by Crippen LogP contribution is -2.46. The monoisotopic (exact) mass is 451 g/mol. The Balaban J connectivity index is 1.56. The number of imide groups is 1. The Hall–Kier alpha value is -3.42. The zero-order chi connectivity index (χ0) is 23.8. The number of nitrogens with one attached hydrogen (secondary N) is 1. The number of methoxy groups -OCH3 is 1. The van der Waals surface area contributed by atoms with Crippen LogP contribution in [0.25, 0.3) is 5.69 Å². The summed E-state index contributed by atoms with van der Waals surface area (Å²) in [5.74, 6) is -0.983. The number of aryl methyl sites for hydroxylation is 1. The van der Waals surface area contributed by atoms with Gasteiger partial charge in [-0.1, -0.05) is 25.7 Å². The predicted octanol–water partition coefficient (Wildman–Crippen LogP) is 3.71. The highest BCUT2D eigenvalue weighted by molar-refractivity contribution is 6.11. The summed E-state index contributed by atoms with van der Waals surface area (Å²) in [6.45, 7) is 3.43. The molecule has 2 aliphatic rings. The average molecular weight is 452 g/mol. The Morgan fingerprint density at radius 3 is 2.27 bits per heavy atom. The fourth-order valence-electron chi connectivity index (χ4n) is 5.03. The van der Waals surface area contributed by atoms with Gasteiger partial charge >= 0.3 is 12.0 Å². The minimum atomic E-state index is -0.855. The topological polar surface area (TPSA) is 97.7 Å². The van der Waals surface area contributed by atoms with Crippen molar-refractivity contribution in [3.63, 3.8) is 0 Å². The third kappa shape index (κ3) is 4.05. The molecule has 0 atom stereocenters. The van der Waals surface area contributed by atoms with Crippen molar-refractivity contribution >= 4 is 23.7 Å². The molecule has 1 spiro atoms. The van der Waals surface area contributed by atoms with Crippen molar-refractivity contribution in [2.45, 2.75) is 57.9 Å². The van der Waals surface area contributed by atoms with E-state index in [1.54, 1.807) is 30.3 Å². The predicted molar refractivity (Wildman–Crippen MR) is 122 cm³/mol.